The van der Waals surface area contributed by atoms with E-state index in [0.29, 0.717) is 18.7 Å². The zero-order chi connectivity index (χ0) is 15.4. The molecule has 2 unspecified atom stereocenters. The average molecular weight is 296 g/mol. The Labute approximate surface area is 130 Å². The first kappa shape index (κ1) is 14.7. The van der Waals surface area contributed by atoms with Crippen LogP contribution in [0.25, 0.3) is 0 Å². The van der Waals surface area contributed by atoms with E-state index in [9.17, 15) is 4.79 Å². The molecule has 0 saturated carbocycles. The predicted octanol–water partition coefficient (Wildman–Crippen LogP) is 2.55. The second-order valence-corrected chi connectivity index (χ2v) is 5.71. The van der Waals surface area contributed by atoms with E-state index in [0.717, 1.165) is 6.42 Å². The van der Waals surface area contributed by atoms with Gasteiger partial charge in [-0.1, -0.05) is 30.3 Å². The summed E-state index contributed by atoms with van der Waals surface area (Å²) in [5.41, 5.74) is 1.87. The molecule has 1 saturated heterocycles. The van der Waals surface area contributed by atoms with Gasteiger partial charge in [0.25, 0.3) is 5.91 Å². The Hall–Kier alpha value is -2.20. The predicted molar refractivity (Wildman–Crippen MR) is 84.6 cm³/mol. The van der Waals surface area contributed by atoms with Crippen molar-refractivity contribution >= 4 is 5.91 Å². The zero-order valence-electron chi connectivity index (χ0n) is 12.7. The molecule has 1 aliphatic heterocycles. The van der Waals surface area contributed by atoms with Crippen molar-refractivity contribution in [2.24, 2.45) is 0 Å². The van der Waals surface area contributed by atoms with Crippen molar-refractivity contribution in [2.75, 3.05) is 13.1 Å². The third-order valence-corrected chi connectivity index (χ3v) is 3.83. The fourth-order valence-corrected chi connectivity index (χ4v) is 2.87. The number of benzene rings is 1. The lowest BCUT2D eigenvalue weighted by molar-refractivity contribution is -0.0664. The number of ether oxygens (including phenoxy) is 1. The first-order valence-corrected chi connectivity index (χ1v) is 7.61. The maximum absolute atomic E-state index is 12.6. The summed E-state index contributed by atoms with van der Waals surface area (Å²) in [6.07, 6.45) is 4.20. The van der Waals surface area contributed by atoms with Crippen LogP contribution in [-0.4, -0.2) is 41.1 Å². The van der Waals surface area contributed by atoms with Crippen LogP contribution in [0.2, 0.25) is 0 Å². The van der Waals surface area contributed by atoms with Crippen LogP contribution in [0.4, 0.5) is 0 Å². The van der Waals surface area contributed by atoms with Gasteiger partial charge in [-0.3, -0.25) is 9.78 Å². The molecule has 2 aromatic rings. The van der Waals surface area contributed by atoms with Gasteiger partial charge in [0.2, 0.25) is 0 Å². The molecular formula is C18H20N2O2. The summed E-state index contributed by atoms with van der Waals surface area (Å²) < 4.78 is 6.00. The highest BCUT2D eigenvalue weighted by atomic mass is 16.5. The Bertz CT molecular complexity index is 615. The zero-order valence-corrected chi connectivity index (χ0v) is 12.7. The molecule has 0 spiro atoms. The minimum absolute atomic E-state index is 0.0290. The number of nitrogens with zero attached hydrogens (tertiary/aromatic N) is 2. The second-order valence-electron chi connectivity index (χ2n) is 5.71. The van der Waals surface area contributed by atoms with Gasteiger partial charge in [0.1, 0.15) is 0 Å². The number of amides is 1. The van der Waals surface area contributed by atoms with Gasteiger partial charge in [0.05, 0.1) is 17.8 Å². The van der Waals surface area contributed by atoms with Crippen LogP contribution >= 0.6 is 0 Å². The Morgan fingerprint density at radius 3 is 2.77 bits per heavy atom. The summed E-state index contributed by atoms with van der Waals surface area (Å²) in [5.74, 6) is 0.0290. The van der Waals surface area contributed by atoms with Gasteiger partial charge < -0.3 is 9.64 Å². The van der Waals surface area contributed by atoms with Crippen molar-refractivity contribution in [1.82, 2.24) is 9.88 Å². The number of hydrogen-bond acceptors (Lipinski definition) is 3. The van der Waals surface area contributed by atoms with Crippen molar-refractivity contribution in [2.45, 2.75) is 25.6 Å². The number of carbonyl (C=O) groups is 1. The quantitative estimate of drug-likeness (QED) is 0.874. The number of aromatic nitrogens is 1. The lowest BCUT2D eigenvalue weighted by Gasteiger charge is -2.37. The normalized spacial score (nSPS) is 21.6. The van der Waals surface area contributed by atoms with Crippen molar-refractivity contribution in [3.05, 3.63) is 66.0 Å². The summed E-state index contributed by atoms with van der Waals surface area (Å²) in [6.45, 7) is 3.26. The van der Waals surface area contributed by atoms with E-state index in [2.05, 4.69) is 17.1 Å². The molecule has 0 radical (unpaired) electrons. The van der Waals surface area contributed by atoms with Crippen LogP contribution in [-0.2, 0) is 11.2 Å². The minimum atomic E-state index is 0.0290. The maximum Gasteiger partial charge on any atom is 0.255 e. The third kappa shape index (κ3) is 3.52. The van der Waals surface area contributed by atoms with E-state index in [1.807, 2.05) is 36.1 Å². The molecule has 3 rings (SSSR count). The van der Waals surface area contributed by atoms with Gasteiger partial charge in [-0.15, -0.1) is 0 Å². The number of hydrogen-bond donors (Lipinski definition) is 0. The van der Waals surface area contributed by atoms with Gasteiger partial charge in [0, 0.05) is 31.9 Å². The lowest BCUT2D eigenvalue weighted by atomic mass is 10.1. The average Bonchev–Trinajstić information content (AvgIpc) is 2.55. The highest BCUT2D eigenvalue weighted by Crippen LogP contribution is 2.17. The van der Waals surface area contributed by atoms with Gasteiger partial charge in [0.15, 0.2) is 0 Å². The van der Waals surface area contributed by atoms with Crippen LogP contribution in [0.5, 0.6) is 0 Å². The molecule has 4 heteroatoms. The molecule has 1 amide bonds. The summed E-state index contributed by atoms with van der Waals surface area (Å²) in [5, 5.41) is 0. The molecule has 2 atom stereocenters. The van der Waals surface area contributed by atoms with Crippen LogP contribution in [0.15, 0.2) is 54.9 Å². The molecule has 1 fully saturated rings. The Morgan fingerprint density at radius 1 is 1.23 bits per heavy atom. The van der Waals surface area contributed by atoms with E-state index in [1.54, 1.807) is 18.5 Å². The molecule has 1 aromatic heterocycles. The fourth-order valence-electron chi connectivity index (χ4n) is 2.87. The monoisotopic (exact) mass is 296 g/mol. The van der Waals surface area contributed by atoms with Gasteiger partial charge in [-0.2, -0.15) is 0 Å². The molecule has 0 bridgehead atoms. The fraction of sp³-hybridized carbons (Fsp3) is 0.333. The van der Waals surface area contributed by atoms with Gasteiger partial charge in [-0.05, 0) is 24.6 Å². The maximum atomic E-state index is 12.6. The van der Waals surface area contributed by atoms with Crippen LogP contribution in [0, 0.1) is 0 Å². The van der Waals surface area contributed by atoms with Crippen molar-refractivity contribution in [1.29, 1.82) is 0 Å². The van der Waals surface area contributed by atoms with Crippen molar-refractivity contribution in [3.8, 4) is 0 Å². The van der Waals surface area contributed by atoms with Crippen molar-refractivity contribution in [3.63, 3.8) is 0 Å². The Balaban J connectivity index is 1.69. The summed E-state index contributed by atoms with van der Waals surface area (Å²) in [6, 6.07) is 13.8. The molecule has 1 aliphatic rings. The number of pyridine rings is 1. The molecule has 114 valence electrons. The first-order chi connectivity index (χ1) is 10.7. The lowest BCUT2D eigenvalue weighted by Crippen LogP contribution is -2.49. The molecule has 0 N–H and O–H groups in total. The summed E-state index contributed by atoms with van der Waals surface area (Å²) in [4.78, 5) is 18.5. The largest absolute Gasteiger partial charge is 0.371 e. The SMILES string of the molecule is CC1CN(C(=O)c2cccnc2)CC(Cc2ccccc2)O1. The van der Waals surface area contributed by atoms with E-state index in [4.69, 9.17) is 4.74 Å². The molecule has 0 aliphatic carbocycles. The smallest absolute Gasteiger partial charge is 0.255 e. The van der Waals surface area contributed by atoms with E-state index in [1.165, 1.54) is 5.56 Å². The van der Waals surface area contributed by atoms with Crippen LogP contribution in [0.3, 0.4) is 0 Å². The van der Waals surface area contributed by atoms with E-state index >= 15 is 0 Å². The highest BCUT2D eigenvalue weighted by Gasteiger charge is 2.29. The summed E-state index contributed by atoms with van der Waals surface area (Å²) in [7, 11) is 0. The van der Waals surface area contributed by atoms with E-state index in [-0.39, 0.29) is 18.1 Å². The van der Waals surface area contributed by atoms with Crippen LogP contribution in [0.1, 0.15) is 22.8 Å². The second kappa shape index (κ2) is 6.71. The molecule has 22 heavy (non-hydrogen) atoms. The first-order valence-electron chi connectivity index (χ1n) is 7.61. The van der Waals surface area contributed by atoms with Gasteiger partial charge in [-0.25, -0.2) is 0 Å². The van der Waals surface area contributed by atoms with Crippen molar-refractivity contribution < 1.29 is 9.53 Å². The standard InChI is InChI=1S/C18H20N2O2/c1-14-12-20(18(21)16-8-5-9-19-11-16)13-17(22-14)10-15-6-3-2-4-7-15/h2-9,11,14,17H,10,12-13H2,1H3. The molecule has 1 aromatic carbocycles. The Kier molecular flexibility index (Phi) is 4.49. The summed E-state index contributed by atoms with van der Waals surface area (Å²) >= 11 is 0. The minimum Gasteiger partial charge on any atom is -0.371 e. The third-order valence-electron chi connectivity index (χ3n) is 3.83. The molecular weight excluding hydrogens is 276 g/mol. The van der Waals surface area contributed by atoms with Gasteiger partial charge >= 0.3 is 0 Å². The Morgan fingerprint density at radius 2 is 2.05 bits per heavy atom. The molecule has 2 heterocycles. The number of carbonyl (C=O) groups excluding carboxylic acids is 1. The number of morpholine rings is 1. The topological polar surface area (TPSA) is 42.4 Å². The van der Waals surface area contributed by atoms with Crippen LogP contribution < -0.4 is 0 Å². The molecule has 4 nitrogen and oxygen atoms in total. The van der Waals surface area contributed by atoms with E-state index < -0.39 is 0 Å². The highest BCUT2D eigenvalue weighted by molar-refractivity contribution is 5.94. The number of rotatable bonds is 3.